The van der Waals surface area contributed by atoms with Gasteiger partial charge in [0.15, 0.2) is 0 Å². The summed E-state index contributed by atoms with van der Waals surface area (Å²) in [5, 5.41) is 3.74. The largest absolute Gasteiger partial charge is 0.310 e. The van der Waals surface area contributed by atoms with Crippen LogP contribution >= 0.6 is 0 Å². The van der Waals surface area contributed by atoms with Gasteiger partial charge in [0.1, 0.15) is 0 Å². The molecule has 2 aliphatic heterocycles. The van der Waals surface area contributed by atoms with E-state index in [0.717, 1.165) is 18.1 Å². The second-order valence-electron chi connectivity index (χ2n) is 5.06. The first-order chi connectivity index (χ1) is 6.79. The molecule has 0 spiro atoms. The predicted molar refractivity (Wildman–Crippen MR) is 60.5 cm³/mol. The molecule has 0 aromatic rings. The summed E-state index contributed by atoms with van der Waals surface area (Å²) >= 11 is 0. The van der Waals surface area contributed by atoms with Crippen molar-refractivity contribution in [2.75, 3.05) is 13.1 Å². The number of rotatable bonds is 3. The Hall–Kier alpha value is -0.0800. The molecular weight excluding hydrogens is 172 g/mol. The Labute approximate surface area is 88.1 Å². The molecule has 2 heterocycles. The van der Waals surface area contributed by atoms with Crippen molar-refractivity contribution in [2.24, 2.45) is 0 Å². The smallest absolute Gasteiger partial charge is 0.0198 e. The maximum atomic E-state index is 3.74. The van der Waals surface area contributed by atoms with Crippen LogP contribution < -0.4 is 5.32 Å². The van der Waals surface area contributed by atoms with Crippen molar-refractivity contribution in [1.29, 1.82) is 0 Å². The summed E-state index contributed by atoms with van der Waals surface area (Å²) in [5.74, 6) is 0. The summed E-state index contributed by atoms with van der Waals surface area (Å²) in [4.78, 5) is 2.69. The fourth-order valence-corrected chi connectivity index (χ4v) is 2.97. The summed E-state index contributed by atoms with van der Waals surface area (Å²) in [7, 11) is 0. The number of nitrogens with zero attached hydrogens (tertiary/aromatic N) is 1. The van der Waals surface area contributed by atoms with E-state index in [1.165, 1.54) is 45.2 Å². The molecule has 0 saturated carbocycles. The van der Waals surface area contributed by atoms with E-state index >= 15 is 0 Å². The normalized spacial score (nSPS) is 35.6. The highest BCUT2D eigenvalue weighted by Crippen LogP contribution is 2.22. The van der Waals surface area contributed by atoms with Crippen molar-refractivity contribution in [3.05, 3.63) is 0 Å². The van der Waals surface area contributed by atoms with E-state index in [4.69, 9.17) is 0 Å². The van der Waals surface area contributed by atoms with Gasteiger partial charge in [-0.3, -0.25) is 4.90 Å². The van der Waals surface area contributed by atoms with Crippen LogP contribution in [0.2, 0.25) is 0 Å². The zero-order chi connectivity index (χ0) is 9.97. The van der Waals surface area contributed by atoms with Gasteiger partial charge in [-0.1, -0.05) is 13.3 Å². The molecule has 3 atom stereocenters. The minimum atomic E-state index is 0.793. The third kappa shape index (κ3) is 2.29. The van der Waals surface area contributed by atoms with Crippen LogP contribution in [0.1, 0.15) is 46.0 Å². The van der Waals surface area contributed by atoms with Crippen LogP contribution in [0, 0.1) is 0 Å². The average molecular weight is 196 g/mol. The first kappa shape index (κ1) is 10.4. The molecule has 2 rings (SSSR count). The number of hydrogen-bond donors (Lipinski definition) is 1. The van der Waals surface area contributed by atoms with Gasteiger partial charge in [0.2, 0.25) is 0 Å². The fraction of sp³-hybridized carbons (Fsp3) is 1.00. The van der Waals surface area contributed by atoms with Gasteiger partial charge in [0, 0.05) is 24.7 Å². The fourth-order valence-electron chi connectivity index (χ4n) is 2.97. The highest BCUT2D eigenvalue weighted by atomic mass is 15.2. The van der Waals surface area contributed by atoms with Gasteiger partial charge >= 0.3 is 0 Å². The topological polar surface area (TPSA) is 15.3 Å². The zero-order valence-corrected chi connectivity index (χ0v) is 9.63. The summed E-state index contributed by atoms with van der Waals surface area (Å²) in [5.41, 5.74) is 0. The van der Waals surface area contributed by atoms with Gasteiger partial charge < -0.3 is 5.32 Å². The Balaban J connectivity index is 1.88. The number of likely N-dealkylation sites (tertiary alicyclic amines) is 1. The molecule has 0 amide bonds. The van der Waals surface area contributed by atoms with Crippen molar-refractivity contribution in [3.63, 3.8) is 0 Å². The van der Waals surface area contributed by atoms with E-state index in [1.54, 1.807) is 0 Å². The van der Waals surface area contributed by atoms with Crippen molar-refractivity contribution >= 4 is 0 Å². The van der Waals surface area contributed by atoms with Crippen LogP contribution in [0.3, 0.4) is 0 Å². The molecule has 82 valence electrons. The van der Waals surface area contributed by atoms with Gasteiger partial charge in [-0.25, -0.2) is 0 Å². The lowest BCUT2D eigenvalue weighted by molar-refractivity contribution is 0.189. The quantitative estimate of drug-likeness (QED) is 0.743. The first-order valence-corrected chi connectivity index (χ1v) is 6.29. The van der Waals surface area contributed by atoms with Crippen LogP contribution in [0.4, 0.5) is 0 Å². The van der Waals surface area contributed by atoms with Gasteiger partial charge in [0.25, 0.3) is 0 Å². The molecule has 2 heteroatoms. The number of nitrogens with one attached hydrogen (secondary N) is 1. The van der Waals surface area contributed by atoms with Crippen LogP contribution in [0.15, 0.2) is 0 Å². The molecule has 2 fully saturated rings. The zero-order valence-electron chi connectivity index (χ0n) is 9.63. The predicted octanol–water partition coefficient (Wildman–Crippen LogP) is 2.00. The summed E-state index contributed by atoms with van der Waals surface area (Å²) in [6.45, 7) is 7.29. The summed E-state index contributed by atoms with van der Waals surface area (Å²) in [6.07, 6.45) is 6.86. The number of fused-ring (bicyclic) bond motifs is 2. The summed E-state index contributed by atoms with van der Waals surface area (Å²) in [6, 6.07) is 2.42. The molecule has 0 aromatic carbocycles. The van der Waals surface area contributed by atoms with E-state index in [1.807, 2.05) is 0 Å². The van der Waals surface area contributed by atoms with E-state index in [0.29, 0.717) is 0 Å². The van der Waals surface area contributed by atoms with Crippen LogP contribution in [0.5, 0.6) is 0 Å². The molecule has 1 N–H and O–H groups in total. The Bertz CT molecular complexity index is 181. The monoisotopic (exact) mass is 196 g/mol. The standard InChI is InChI=1S/C12H24N2/c1-3-4-10(2)14-8-7-11-5-6-12(9-14)13-11/h10-13H,3-9H2,1-2H3. The van der Waals surface area contributed by atoms with Crippen molar-refractivity contribution in [3.8, 4) is 0 Å². The van der Waals surface area contributed by atoms with Gasteiger partial charge in [0.05, 0.1) is 0 Å². The van der Waals surface area contributed by atoms with E-state index < -0.39 is 0 Å². The molecule has 2 nitrogen and oxygen atoms in total. The molecule has 0 aromatic heterocycles. The van der Waals surface area contributed by atoms with E-state index in [-0.39, 0.29) is 0 Å². The summed E-state index contributed by atoms with van der Waals surface area (Å²) < 4.78 is 0. The van der Waals surface area contributed by atoms with Gasteiger partial charge in [-0.05, 0) is 39.2 Å². The molecule has 2 bridgehead atoms. The Morgan fingerprint density at radius 1 is 1.29 bits per heavy atom. The molecule has 3 unspecified atom stereocenters. The Kier molecular flexibility index (Phi) is 3.45. The Morgan fingerprint density at radius 2 is 2.07 bits per heavy atom. The average Bonchev–Trinajstić information content (AvgIpc) is 2.46. The SMILES string of the molecule is CCCC(C)N1CCC2CCC(C1)N2. The second kappa shape index (κ2) is 4.63. The van der Waals surface area contributed by atoms with Crippen molar-refractivity contribution in [2.45, 2.75) is 64.1 Å². The first-order valence-electron chi connectivity index (χ1n) is 6.29. The van der Waals surface area contributed by atoms with Crippen LogP contribution in [-0.4, -0.2) is 36.1 Å². The third-order valence-electron chi connectivity index (χ3n) is 3.88. The molecular formula is C12H24N2. The third-order valence-corrected chi connectivity index (χ3v) is 3.88. The minimum absolute atomic E-state index is 0.793. The number of hydrogen-bond acceptors (Lipinski definition) is 2. The van der Waals surface area contributed by atoms with Crippen LogP contribution in [-0.2, 0) is 0 Å². The highest BCUT2D eigenvalue weighted by Gasteiger charge is 2.30. The Morgan fingerprint density at radius 3 is 2.86 bits per heavy atom. The highest BCUT2D eigenvalue weighted by molar-refractivity contribution is 4.90. The maximum absolute atomic E-state index is 3.74. The molecule has 0 aliphatic carbocycles. The second-order valence-corrected chi connectivity index (χ2v) is 5.06. The van der Waals surface area contributed by atoms with Crippen molar-refractivity contribution in [1.82, 2.24) is 10.2 Å². The molecule has 0 radical (unpaired) electrons. The van der Waals surface area contributed by atoms with Gasteiger partial charge in [-0.15, -0.1) is 0 Å². The minimum Gasteiger partial charge on any atom is -0.310 e. The van der Waals surface area contributed by atoms with Gasteiger partial charge in [-0.2, -0.15) is 0 Å². The lowest BCUT2D eigenvalue weighted by atomic mass is 10.1. The molecule has 2 aliphatic rings. The maximum Gasteiger partial charge on any atom is 0.0198 e. The molecule has 14 heavy (non-hydrogen) atoms. The molecule has 2 saturated heterocycles. The van der Waals surface area contributed by atoms with E-state index in [2.05, 4.69) is 24.1 Å². The van der Waals surface area contributed by atoms with E-state index in [9.17, 15) is 0 Å². The lowest BCUT2D eigenvalue weighted by Gasteiger charge is -2.30. The van der Waals surface area contributed by atoms with Crippen molar-refractivity contribution < 1.29 is 0 Å². The lowest BCUT2D eigenvalue weighted by Crippen LogP contribution is -2.40. The van der Waals surface area contributed by atoms with Crippen LogP contribution in [0.25, 0.3) is 0 Å².